The van der Waals surface area contributed by atoms with E-state index >= 15 is 0 Å². The van der Waals surface area contributed by atoms with Gasteiger partial charge in [0.2, 0.25) is 11.6 Å². The molecular formula is C22H29FN4O6+2. The van der Waals surface area contributed by atoms with Crippen molar-refractivity contribution < 1.29 is 43.9 Å². The highest BCUT2D eigenvalue weighted by molar-refractivity contribution is 6.33. The molecule has 1 aliphatic carbocycles. The van der Waals surface area contributed by atoms with Crippen molar-refractivity contribution >= 4 is 22.9 Å². The standard InChI is InChI=1S/C22H27FN4O6/c1-26(2,32)9-7-24-13-5-6-14(25-8-10-27(3,4)33)17-16(13)21(30)18-15(28)11-12(23)20(29)19(18)22(17)31/h5-6,11,32-33H,7-10H2,1-4H3,(H2-2,24,25,28,29,30,31)/p+2. The van der Waals surface area contributed by atoms with Gasteiger partial charge in [-0.2, -0.15) is 9.29 Å². The molecule has 0 atom stereocenters. The lowest BCUT2D eigenvalue weighted by Crippen LogP contribution is -2.40. The summed E-state index contributed by atoms with van der Waals surface area (Å²) < 4.78 is 13.4. The van der Waals surface area contributed by atoms with Crippen molar-refractivity contribution in [3.05, 3.63) is 46.3 Å². The number of carbonyl (C=O) groups excluding carboxylic acids is 2. The predicted molar refractivity (Wildman–Crippen MR) is 118 cm³/mol. The molecule has 0 saturated heterocycles. The number of hydroxylamine groups is 6. The number of fused-ring (bicyclic) bond motifs is 2. The van der Waals surface area contributed by atoms with E-state index in [9.17, 15) is 34.6 Å². The van der Waals surface area contributed by atoms with Gasteiger partial charge in [-0.15, -0.1) is 0 Å². The normalized spacial score (nSPS) is 13.5. The van der Waals surface area contributed by atoms with Gasteiger partial charge in [0.25, 0.3) is 0 Å². The molecule has 0 heterocycles. The smallest absolute Gasteiger partial charge is 0.200 e. The minimum atomic E-state index is -1.22. The fourth-order valence-electron chi connectivity index (χ4n) is 3.62. The molecule has 0 unspecified atom stereocenters. The Morgan fingerprint density at radius 2 is 1.21 bits per heavy atom. The zero-order chi connectivity index (χ0) is 24.7. The molecule has 0 radical (unpaired) electrons. The number of ketones is 2. The summed E-state index contributed by atoms with van der Waals surface area (Å²) in [7, 11) is 6.29. The van der Waals surface area contributed by atoms with Crippen LogP contribution in [0.1, 0.15) is 31.8 Å². The number of phenols is 2. The van der Waals surface area contributed by atoms with Gasteiger partial charge in [-0.3, -0.25) is 9.59 Å². The Hall–Kier alpha value is -3.25. The van der Waals surface area contributed by atoms with Crippen LogP contribution in [0.15, 0.2) is 18.2 Å². The van der Waals surface area contributed by atoms with Gasteiger partial charge in [-0.05, 0) is 12.1 Å². The van der Waals surface area contributed by atoms with Gasteiger partial charge >= 0.3 is 0 Å². The molecule has 178 valence electrons. The number of halogens is 1. The van der Waals surface area contributed by atoms with Gasteiger partial charge in [0, 0.05) is 17.4 Å². The van der Waals surface area contributed by atoms with E-state index in [1.807, 2.05) is 0 Å². The van der Waals surface area contributed by atoms with E-state index in [1.54, 1.807) is 40.3 Å². The fourth-order valence-corrected chi connectivity index (χ4v) is 3.62. The molecule has 10 nitrogen and oxygen atoms in total. The Morgan fingerprint density at radius 3 is 1.64 bits per heavy atom. The number of benzene rings is 2. The van der Waals surface area contributed by atoms with Crippen molar-refractivity contribution in [1.82, 2.24) is 0 Å². The predicted octanol–water partition coefficient (Wildman–Crippen LogP) is 1.77. The fraction of sp³-hybridized carbons (Fsp3) is 0.364. The summed E-state index contributed by atoms with van der Waals surface area (Å²) in [5, 5.41) is 46.3. The third-order valence-electron chi connectivity index (χ3n) is 5.30. The Kier molecular flexibility index (Phi) is 6.35. The van der Waals surface area contributed by atoms with Crippen molar-refractivity contribution in [2.45, 2.75) is 0 Å². The number of nitrogens with one attached hydrogen (secondary N) is 2. The summed E-state index contributed by atoms with van der Waals surface area (Å²) in [5.74, 6) is -4.56. The van der Waals surface area contributed by atoms with E-state index in [0.717, 1.165) is 0 Å². The maximum atomic E-state index is 14.1. The van der Waals surface area contributed by atoms with E-state index < -0.39 is 40.0 Å². The number of hydrogen-bond acceptors (Lipinski definition) is 8. The molecule has 33 heavy (non-hydrogen) atoms. The first-order valence-electron chi connectivity index (χ1n) is 10.3. The van der Waals surface area contributed by atoms with Crippen LogP contribution in [0.5, 0.6) is 11.5 Å². The lowest BCUT2D eigenvalue weighted by Gasteiger charge is -2.26. The lowest BCUT2D eigenvalue weighted by atomic mass is 9.81. The van der Waals surface area contributed by atoms with Crippen LogP contribution in [0.25, 0.3) is 0 Å². The van der Waals surface area contributed by atoms with Crippen LogP contribution in [0.3, 0.4) is 0 Å². The SMILES string of the molecule is C[N+](C)(O)CCNc1ccc(NCC[N+](C)(C)O)c2c1C(=O)c1c(O)cc(F)c(O)c1C2=O. The van der Waals surface area contributed by atoms with Crippen molar-refractivity contribution in [1.29, 1.82) is 0 Å². The van der Waals surface area contributed by atoms with Gasteiger partial charge in [-0.25, -0.2) is 14.8 Å². The Labute approximate surface area is 190 Å². The molecule has 0 saturated carbocycles. The molecule has 2 aromatic rings. The average Bonchev–Trinajstić information content (AvgIpc) is 2.67. The van der Waals surface area contributed by atoms with E-state index in [0.29, 0.717) is 6.07 Å². The van der Waals surface area contributed by atoms with Crippen molar-refractivity contribution in [3.8, 4) is 11.5 Å². The third-order valence-corrected chi connectivity index (χ3v) is 5.30. The van der Waals surface area contributed by atoms with Crippen LogP contribution in [0.2, 0.25) is 0 Å². The van der Waals surface area contributed by atoms with Crippen LogP contribution in [0, 0.1) is 5.82 Å². The summed E-state index contributed by atoms with van der Waals surface area (Å²) in [5.41, 5.74) is -0.655. The summed E-state index contributed by atoms with van der Waals surface area (Å²) in [6.07, 6.45) is 0. The number of likely N-dealkylation sites (N-methyl/N-ethyl adjacent to an activating group) is 2. The van der Waals surface area contributed by atoms with Gasteiger partial charge < -0.3 is 20.8 Å². The zero-order valence-electron chi connectivity index (χ0n) is 18.9. The first-order chi connectivity index (χ1) is 15.2. The van der Waals surface area contributed by atoms with Crippen LogP contribution >= 0.6 is 0 Å². The minimum Gasteiger partial charge on any atom is -0.507 e. The van der Waals surface area contributed by atoms with E-state index in [-0.39, 0.29) is 58.0 Å². The number of carbonyl (C=O) groups is 2. The highest BCUT2D eigenvalue weighted by Crippen LogP contribution is 2.43. The first-order valence-corrected chi connectivity index (χ1v) is 10.3. The quantitative estimate of drug-likeness (QED) is 0.168. The highest BCUT2D eigenvalue weighted by Gasteiger charge is 2.39. The summed E-state index contributed by atoms with van der Waals surface area (Å²) in [6, 6.07) is 3.73. The van der Waals surface area contributed by atoms with Gasteiger partial charge in [0.1, 0.15) is 18.8 Å². The van der Waals surface area contributed by atoms with Crippen LogP contribution in [-0.4, -0.2) is 95.9 Å². The molecule has 0 amide bonds. The molecule has 0 spiro atoms. The van der Waals surface area contributed by atoms with Gasteiger partial charge in [-0.1, -0.05) is 0 Å². The molecular weight excluding hydrogens is 435 g/mol. The number of rotatable bonds is 8. The summed E-state index contributed by atoms with van der Waals surface area (Å²) in [6.45, 7) is 1.06. The molecule has 0 fully saturated rings. The largest absolute Gasteiger partial charge is 0.507 e. The molecule has 1 aliphatic rings. The molecule has 0 bridgehead atoms. The Morgan fingerprint density at radius 1 is 0.788 bits per heavy atom. The third kappa shape index (κ3) is 5.06. The van der Waals surface area contributed by atoms with Crippen LogP contribution < -0.4 is 10.6 Å². The second-order valence-electron chi connectivity index (χ2n) is 9.09. The number of hydrogen-bond donors (Lipinski definition) is 6. The second kappa shape index (κ2) is 8.60. The highest BCUT2D eigenvalue weighted by atomic mass is 19.1. The Balaban J connectivity index is 2.12. The summed E-state index contributed by atoms with van der Waals surface area (Å²) in [4.78, 5) is 26.8. The van der Waals surface area contributed by atoms with Crippen LogP contribution in [0.4, 0.5) is 15.8 Å². The summed E-state index contributed by atoms with van der Waals surface area (Å²) >= 11 is 0. The zero-order valence-corrected chi connectivity index (χ0v) is 18.9. The maximum Gasteiger partial charge on any atom is 0.200 e. The van der Waals surface area contributed by atoms with E-state index in [1.165, 1.54) is 0 Å². The number of phenolic OH excluding ortho intramolecular Hbond substituents is 2. The molecule has 11 heteroatoms. The van der Waals surface area contributed by atoms with Crippen LogP contribution in [-0.2, 0) is 0 Å². The van der Waals surface area contributed by atoms with Crippen molar-refractivity contribution in [2.75, 3.05) is 65.0 Å². The monoisotopic (exact) mass is 464 g/mol. The topological polar surface area (TPSA) is 139 Å². The Bertz CT molecular complexity index is 1120. The van der Waals surface area contributed by atoms with Gasteiger partial charge in [0.05, 0.1) is 63.5 Å². The molecule has 0 aliphatic heterocycles. The molecule has 6 N–H and O–H groups in total. The van der Waals surface area contributed by atoms with Crippen molar-refractivity contribution in [3.63, 3.8) is 0 Å². The minimum absolute atomic E-state index is 0.0418. The first kappa shape index (κ1) is 24.4. The number of quaternary nitrogens is 2. The molecule has 3 rings (SSSR count). The lowest BCUT2D eigenvalue weighted by molar-refractivity contribution is -1.07. The van der Waals surface area contributed by atoms with E-state index in [4.69, 9.17) is 0 Å². The maximum absolute atomic E-state index is 14.1. The average molecular weight is 464 g/mol. The number of nitrogens with zero attached hydrogens (tertiary/aromatic N) is 2. The second-order valence-corrected chi connectivity index (χ2v) is 9.09. The van der Waals surface area contributed by atoms with Gasteiger partial charge in [0.15, 0.2) is 11.6 Å². The molecule has 0 aromatic heterocycles. The molecule has 2 aromatic carbocycles. The van der Waals surface area contributed by atoms with E-state index in [2.05, 4.69) is 10.6 Å². The van der Waals surface area contributed by atoms with Crippen molar-refractivity contribution in [2.24, 2.45) is 0 Å². The number of aromatic hydroxyl groups is 2. The number of anilines is 2.